The lowest BCUT2D eigenvalue weighted by Crippen LogP contribution is -2.19. The van der Waals surface area contributed by atoms with Crippen LogP contribution in [0.2, 0.25) is 0 Å². The molecule has 0 bridgehead atoms. The van der Waals surface area contributed by atoms with E-state index in [2.05, 4.69) is 43.3 Å². The van der Waals surface area contributed by atoms with Crippen molar-refractivity contribution >= 4 is 5.97 Å². The van der Waals surface area contributed by atoms with E-state index in [9.17, 15) is 9.90 Å². The first-order valence-electron chi connectivity index (χ1n) is 6.98. The fourth-order valence-corrected chi connectivity index (χ4v) is 2.67. The van der Waals surface area contributed by atoms with Gasteiger partial charge in [-0.25, -0.2) is 0 Å². The third kappa shape index (κ3) is 2.34. The highest BCUT2D eigenvalue weighted by molar-refractivity contribution is 5.84. The second kappa shape index (κ2) is 4.78. The Morgan fingerprint density at radius 1 is 1.10 bits per heavy atom. The summed E-state index contributed by atoms with van der Waals surface area (Å²) in [6.07, 6.45) is 2.37. The third-order valence-corrected chi connectivity index (χ3v) is 4.17. The Kier molecular flexibility index (Phi) is 3.09. The molecule has 1 aliphatic rings. The van der Waals surface area contributed by atoms with Crippen molar-refractivity contribution in [1.29, 1.82) is 0 Å². The summed E-state index contributed by atoms with van der Waals surface area (Å²) in [4.78, 5) is 11.4. The molecule has 1 N–H and O–H groups in total. The lowest BCUT2D eigenvalue weighted by atomic mass is 9.93. The highest BCUT2D eigenvalue weighted by atomic mass is 16.4. The van der Waals surface area contributed by atoms with E-state index in [1.54, 1.807) is 0 Å². The van der Waals surface area contributed by atoms with Gasteiger partial charge in [-0.2, -0.15) is 0 Å². The van der Waals surface area contributed by atoms with Gasteiger partial charge in [0, 0.05) is 0 Å². The highest BCUT2D eigenvalue weighted by Crippen LogP contribution is 2.48. The molecule has 0 aliphatic heterocycles. The summed E-state index contributed by atoms with van der Waals surface area (Å²) in [5, 5.41) is 9.37. The molecule has 2 aromatic carbocycles. The van der Waals surface area contributed by atoms with Gasteiger partial charge in [0.15, 0.2) is 0 Å². The van der Waals surface area contributed by atoms with Gasteiger partial charge >= 0.3 is 5.97 Å². The summed E-state index contributed by atoms with van der Waals surface area (Å²) in [6, 6.07) is 16.5. The minimum atomic E-state index is -0.690. The molecule has 2 heteroatoms. The molecule has 20 heavy (non-hydrogen) atoms. The smallest absolute Gasteiger partial charge is 0.314 e. The Morgan fingerprint density at radius 3 is 2.40 bits per heavy atom. The zero-order chi connectivity index (χ0) is 14.2. The fraction of sp³-hybridized carbons (Fsp3) is 0.278. The van der Waals surface area contributed by atoms with Gasteiger partial charge in [0.05, 0.1) is 5.41 Å². The lowest BCUT2D eigenvalue weighted by molar-refractivity contribution is -0.140. The van der Waals surface area contributed by atoms with Crippen LogP contribution < -0.4 is 0 Å². The quantitative estimate of drug-likeness (QED) is 0.916. The third-order valence-electron chi connectivity index (χ3n) is 4.17. The molecule has 0 amide bonds. The molecular weight excluding hydrogens is 248 g/mol. The Labute approximate surface area is 119 Å². The molecule has 0 atom stereocenters. The number of carboxylic acid groups (broad SMARTS) is 1. The standard InChI is InChI=1S/C18H18O2/c1-13-5-7-14(8-6-13)11-15-3-2-4-16(12-15)18(9-10-18)17(19)20/h2-8,12H,9-11H2,1H3,(H,19,20). The minimum Gasteiger partial charge on any atom is -0.481 e. The van der Waals surface area contributed by atoms with Crippen molar-refractivity contribution in [2.75, 3.05) is 0 Å². The summed E-state index contributed by atoms with van der Waals surface area (Å²) < 4.78 is 0. The predicted molar refractivity (Wildman–Crippen MR) is 79.0 cm³/mol. The van der Waals surface area contributed by atoms with Gasteiger partial charge in [0.1, 0.15) is 0 Å². The van der Waals surface area contributed by atoms with E-state index in [1.165, 1.54) is 16.7 Å². The Hall–Kier alpha value is -2.09. The molecule has 102 valence electrons. The number of hydrogen-bond donors (Lipinski definition) is 1. The SMILES string of the molecule is Cc1ccc(Cc2cccc(C3(C(=O)O)CC3)c2)cc1. The lowest BCUT2D eigenvalue weighted by Gasteiger charge is -2.12. The van der Waals surface area contributed by atoms with Crippen molar-refractivity contribution in [2.45, 2.75) is 31.6 Å². The average Bonchev–Trinajstić information content (AvgIpc) is 3.23. The number of carbonyl (C=O) groups is 1. The average molecular weight is 266 g/mol. The number of aliphatic carboxylic acids is 1. The Bertz CT molecular complexity index is 637. The second-order valence-corrected chi connectivity index (χ2v) is 5.75. The molecule has 1 saturated carbocycles. The Morgan fingerprint density at radius 2 is 1.80 bits per heavy atom. The van der Waals surface area contributed by atoms with E-state index in [0.29, 0.717) is 0 Å². The molecule has 0 spiro atoms. The van der Waals surface area contributed by atoms with Crippen molar-refractivity contribution in [3.63, 3.8) is 0 Å². The Balaban J connectivity index is 1.85. The maximum Gasteiger partial charge on any atom is 0.314 e. The maximum atomic E-state index is 11.4. The van der Waals surface area contributed by atoms with E-state index in [4.69, 9.17) is 0 Å². The van der Waals surface area contributed by atoms with Crippen molar-refractivity contribution in [3.8, 4) is 0 Å². The van der Waals surface area contributed by atoms with Crippen LogP contribution in [0.5, 0.6) is 0 Å². The maximum absolute atomic E-state index is 11.4. The van der Waals surface area contributed by atoms with Crippen molar-refractivity contribution in [1.82, 2.24) is 0 Å². The molecule has 0 heterocycles. The van der Waals surface area contributed by atoms with Crippen molar-refractivity contribution in [3.05, 3.63) is 70.8 Å². The zero-order valence-corrected chi connectivity index (χ0v) is 11.6. The molecule has 0 saturated heterocycles. The number of benzene rings is 2. The van der Waals surface area contributed by atoms with Crippen LogP contribution in [-0.2, 0) is 16.6 Å². The molecule has 1 aliphatic carbocycles. The van der Waals surface area contributed by atoms with Gasteiger partial charge in [0.25, 0.3) is 0 Å². The van der Waals surface area contributed by atoms with Crippen LogP contribution in [0.1, 0.15) is 35.1 Å². The highest BCUT2D eigenvalue weighted by Gasteiger charge is 2.51. The fourth-order valence-electron chi connectivity index (χ4n) is 2.67. The van der Waals surface area contributed by atoms with Gasteiger partial charge in [-0.15, -0.1) is 0 Å². The number of aryl methyl sites for hydroxylation is 1. The van der Waals surface area contributed by atoms with E-state index < -0.39 is 11.4 Å². The number of hydrogen-bond acceptors (Lipinski definition) is 1. The topological polar surface area (TPSA) is 37.3 Å². The molecule has 2 nitrogen and oxygen atoms in total. The van der Waals surface area contributed by atoms with E-state index in [0.717, 1.165) is 24.8 Å². The first-order chi connectivity index (χ1) is 9.60. The van der Waals surface area contributed by atoms with Gasteiger partial charge in [-0.05, 0) is 42.9 Å². The van der Waals surface area contributed by atoms with E-state index >= 15 is 0 Å². The van der Waals surface area contributed by atoms with Gasteiger partial charge in [0.2, 0.25) is 0 Å². The molecule has 0 unspecified atom stereocenters. The van der Waals surface area contributed by atoms with Crippen molar-refractivity contribution < 1.29 is 9.90 Å². The molecule has 0 aromatic heterocycles. The first kappa shape index (κ1) is 12.9. The summed E-state index contributed by atoms with van der Waals surface area (Å²) in [7, 11) is 0. The van der Waals surface area contributed by atoms with Gasteiger partial charge in [-0.3, -0.25) is 4.79 Å². The van der Waals surface area contributed by atoms with Crippen LogP contribution in [0, 0.1) is 6.92 Å². The number of carboxylic acids is 1. The molecule has 0 radical (unpaired) electrons. The van der Waals surface area contributed by atoms with Gasteiger partial charge < -0.3 is 5.11 Å². The van der Waals surface area contributed by atoms with Crippen LogP contribution in [0.15, 0.2) is 48.5 Å². The van der Waals surface area contributed by atoms with E-state index in [-0.39, 0.29) is 0 Å². The predicted octanol–water partition coefficient (Wildman–Crippen LogP) is 3.70. The number of rotatable bonds is 4. The molecule has 3 rings (SSSR count). The molecular formula is C18H18O2. The normalized spacial score (nSPS) is 15.8. The van der Waals surface area contributed by atoms with Crippen LogP contribution in [0.4, 0.5) is 0 Å². The second-order valence-electron chi connectivity index (χ2n) is 5.75. The first-order valence-corrected chi connectivity index (χ1v) is 6.98. The van der Waals surface area contributed by atoms with Gasteiger partial charge in [-0.1, -0.05) is 54.1 Å². The van der Waals surface area contributed by atoms with Crippen molar-refractivity contribution in [2.24, 2.45) is 0 Å². The van der Waals surface area contributed by atoms with Crippen LogP contribution >= 0.6 is 0 Å². The zero-order valence-electron chi connectivity index (χ0n) is 11.6. The van der Waals surface area contributed by atoms with E-state index in [1.807, 2.05) is 12.1 Å². The van der Waals surface area contributed by atoms with Crippen LogP contribution in [-0.4, -0.2) is 11.1 Å². The summed E-state index contributed by atoms with van der Waals surface area (Å²) in [5.74, 6) is -0.690. The monoisotopic (exact) mass is 266 g/mol. The summed E-state index contributed by atoms with van der Waals surface area (Å²) in [6.45, 7) is 2.08. The minimum absolute atomic E-state index is 0.608. The van der Waals surface area contributed by atoms with Crippen LogP contribution in [0.3, 0.4) is 0 Å². The molecule has 1 fully saturated rings. The largest absolute Gasteiger partial charge is 0.481 e. The summed E-state index contributed by atoms with van der Waals surface area (Å²) in [5.41, 5.74) is 4.04. The molecule has 2 aromatic rings. The van der Waals surface area contributed by atoms with Crippen LogP contribution in [0.25, 0.3) is 0 Å². The summed E-state index contributed by atoms with van der Waals surface area (Å²) >= 11 is 0.